The van der Waals surface area contributed by atoms with Crippen LogP contribution in [0.3, 0.4) is 0 Å². The number of hydrogen-bond donors (Lipinski definition) is 1. The molecule has 0 amide bonds. The van der Waals surface area contributed by atoms with Crippen LogP contribution >= 0.6 is 0 Å². The van der Waals surface area contributed by atoms with E-state index in [9.17, 15) is 0 Å². The van der Waals surface area contributed by atoms with Crippen molar-refractivity contribution in [1.82, 2.24) is 14.8 Å². The molecule has 0 fully saturated rings. The molecule has 0 aliphatic rings. The predicted octanol–water partition coefficient (Wildman–Crippen LogP) is 3.81. The highest BCUT2D eigenvalue weighted by Crippen LogP contribution is 2.29. The molecule has 0 spiro atoms. The van der Waals surface area contributed by atoms with Crippen LogP contribution in [0.2, 0.25) is 0 Å². The van der Waals surface area contributed by atoms with Crippen molar-refractivity contribution in [2.75, 3.05) is 6.61 Å². The molecule has 1 N–H and O–H groups in total. The third-order valence-electron chi connectivity index (χ3n) is 3.66. The standard InChI is InChI=1S/C18H20N4O/c1-13-5-4-6-16(9-13)23-8-7-19-18-14(2)17(11-20-18)15-10-21-22(3)12-15/h4-7,9-12,20H,8H2,1-3H3/b19-7-. The van der Waals surface area contributed by atoms with Crippen LogP contribution in [0.4, 0.5) is 5.82 Å². The number of H-pyrrole nitrogens is 1. The van der Waals surface area contributed by atoms with E-state index in [1.54, 1.807) is 10.9 Å². The maximum atomic E-state index is 5.67. The number of benzene rings is 1. The highest BCUT2D eigenvalue weighted by molar-refractivity contribution is 5.73. The van der Waals surface area contributed by atoms with Crippen LogP contribution < -0.4 is 4.74 Å². The Hall–Kier alpha value is -2.82. The summed E-state index contributed by atoms with van der Waals surface area (Å²) in [7, 11) is 1.91. The van der Waals surface area contributed by atoms with Crippen molar-refractivity contribution >= 4 is 12.0 Å². The summed E-state index contributed by atoms with van der Waals surface area (Å²) in [5.41, 5.74) is 4.48. The maximum absolute atomic E-state index is 5.67. The Morgan fingerprint density at radius 1 is 1.35 bits per heavy atom. The van der Waals surface area contributed by atoms with Crippen molar-refractivity contribution in [3.8, 4) is 16.9 Å². The number of rotatable bonds is 5. The molecular formula is C18H20N4O. The summed E-state index contributed by atoms with van der Waals surface area (Å²) >= 11 is 0. The van der Waals surface area contributed by atoms with Gasteiger partial charge >= 0.3 is 0 Å². The molecule has 0 aliphatic heterocycles. The monoisotopic (exact) mass is 308 g/mol. The minimum atomic E-state index is 0.435. The Labute approximate surface area is 135 Å². The molecule has 2 heterocycles. The third kappa shape index (κ3) is 3.51. The lowest BCUT2D eigenvalue weighted by Gasteiger charge is -2.03. The minimum Gasteiger partial charge on any atom is -0.488 e. The van der Waals surface area contributed by atoms with Gasteiger partial charge in [-0.1, -0.05) is 12.1 Å². The number of hydrogen-bond acceptors (Lipinski definition) is 3. The molecule has 5 nitrogen and oxygen atoms in total. The highest BCUT2D eigenvalue weighted by Gasteiger charge is 2.09. The second kappa shape index (κ2) is 6.52. The Morgan fingerprint density at radius 3 is 2.96 bits per heavy atom. The van der Waals surface area contributed by atoms with Gasteiger partial charge in [-0.3, -0.25) is 4.68 Å². The molecule has 0 atom stereocenters. The summed E-state index contributed by atoms with van der Waals surface area (Å²) in [4.78, 5) is 7.66. The number of nitrogens with one attached hydrogen (secondary N) is 1. The van der Waals surface area contributed by atoms with Gasteiger partial charge in [0.25, 0.3) is 0 Å². The van der Waals surface area contributed by atoms with E-state index in [0.717, 1.165) is 28.3 Å². The molecule has 0 unspecified atom stereocenters. The van der Waals surface area contributed by atoms with Gasteiger partial charge in [-0.15, -0.1) is 0 Å². The van der Waals surface area contributed by atoms with Crippen molar-refractivity contribution in [2.45, 2.75) is 13.8 Å². The average molecular weight is 308 g/mol. The van der Waals surface area contributed by atoms with Gasteiger partial charge in [-0.25, -0.2) is 4.99 Å². The van der Waals surface area contributed by atoms with E-state index in [0.29, 0.717) is 6.61 Å². The molecule has 0 radical (unpaired) electrons. The summed E-state index contributed by atoms with van der Waals surface area (Å²) in [6, 6.07) is 7.98. The maximum Gasteiger partial charge on any atom is 0.133 e. The van der Waals surface area contributed by atoms with Gasteiger partial charge < -0.3 is 9.72 Å². The van der Waals surface area contributed by atoms with E-state index < -0.39 is 0 Å². The van der Waals surface area contributed by atoms with Crippen LogP contribution in [-0.4, -0.2) is 27.6 Å². The van der Waals surface area contributed by atoms with Crippen LogP contribution in [0.1, 0.15) is 11.1 Å². The Bertz CT molecular complexity index is 829. The zero-order chi connectivity index (χ0) is 16.2. The van der Waals surface area contributed by atoms with Crippen LogP contribution in [0.25, 0.3) is 11.1 Å². The molecule has 23 heavy (non-hydrogen) atoms. The van der Waals surface area contributed by atoms with E-state index in [1.165, 1.54) is 5.56 Å². The van der Waals surface area contributed by atoms with E-state index >= 15 is 0 Å². The van der Waals surface area contributed by atoms with Gasteiger partial charge in [0, 0.05) is 42.3 Å². The van der Waals surface area contributed by atoms with Crippen molar-refractivity contribution in [1.29, 1.82) is 0 Å². The second-order valence-corrected chi connectivity index (χ2v) is 5.52. The fraction of sp³-hybridized carbons (Fsp3) is 0.222. The van der Waals surface area contributed by atoms with Crippen LogP contribution in [0.5, 0.6) is 5.75 Å². The summed E-state index contributed by atoms with van der Waals surface area (Å²) in [5, 5.41) is 4.20. The SMILES string of the molecule is Cc1cccc(OC/C=N\c2[nH]cc(-c3cnn(C)c3)c2C)c1. The average Bonchev–Trinajstić information content (AvgIpc) is 3.10. The molecule has 0 saturated carbocycles. The second-order valence-electron chi connectivity index (χ2n) is 5.52. The molecular weight excluding hydrogens is 288 g/mol. The molecule has 2 aromatic heterocycles. The summed E-state index contributed by atoms with van der Waals surface area (Å²) < 4.78 is 7.46. The number of ether oxygens (including phenoxy) is 1. The number of aliphatic imine (C=N–C) groups is 1. The van der Waals surface area contributed by atoms with Gasteiger partial charge in [0.1, 0.15) is 18.2 Å². The van der Waals surface area contributed by atoms with Gasteiger partial charge in [0.05, 0.1) is 6.20 Å². The third-order valence-corrected chi connectivity index (χ3v) is 3.66. The van der Waals surface area contributed by atoms with Gasteiger partial charge in [-0.05, 0) is 31.5 Å². The first kappa shape index (κ1) is 15.1. The molecule has 0 bridgehead atoms. The topological polar surface area (TPSA) is 55.2 Å². The van der Waals surface area contributed by atoms with E-state index in [2.05, 4.69) is 15.1 Å². The first-order chi connectivity index (χ1) is 11.1. The van der Waals surface area contributed by atoms with Crippen molar-refractivity contribution in [3.05, 3.63) is 54.0 Å². The van der Waals surface area contributed by atoms with Crippen molar-refractivity contribution in [3.63, 3.8) is 0 Å². The first-order valence-electron chi connectivity index (χ1n) is 7.52. The molecule has 0 aliphatic carbocycles. The van der Waals surface area contributed by atoms with Gasteiger partial charge in [0.15, 0.2) is 0 Å². The predicted molar refractivity (Wildman–Crippen MR) is 92.6 cm³/mol. The summed E-state index contributed by atoms with van der Waals surface area (Å²) in [6.07, 6.45) is 7.57. The smallest absolute Gasteiger partial charge is 0.133 e. The molecule has 1 aromatic carbocycles. The number of aryl methyl sites for hydroxylation is 2. The quantitative estimate of drug-likeness (QED) is 0.729. The first-order valence-corrected chi connectivity index (χ1v) is 7.52. The number of nitrogens with zero attached hydrogens (tertiary/aromatic N) is 3. The van der Waals surface area contributed by atoms with Crippen molar-refractivity contribution in [2.24, 2.45) is 12.0 Å². The van der Waals surface area contributed by atoms with E-state index in [4.69, 9.17) is 4.74 Å². The number of aromatic amines is 1. The lowest BCUT2D eigenvalue weighted by Crippen LogP contribution is -1.98. The minimum absolute atomic E-state index is 0.435. The fourth-order valence-corrected chi connectivity index (χ4v) is 2.45. The van der Waals surface area contributed by atoms with Crippen LogP contribution in [0.15, 0.2) is 47.8 Å². The zero-order valence-corrected chi connectivity index (χ0v) is 13.6. The lowest BCUT2D eigenvalue weighted by molar-refractivity contribution is 0.380. The molecule has 0 saturated heterocycles. The molecule has 118 valence electrons. The molecule has 3 rings (SSSR count). The normalized spacial score (nSPS) is 11.3. The Morgan fingerprint density at radius 2 is 2.22 bits per heavy atom. The largest absolute Gasteiger partial charge is 0.488 e. The molecule has 5 heteroatoms. The Kier molecular flexibility index (Phi) is 4.28. The highest BCUT2D eigenvalue weighted by atomic mass is 16.5. The van der Waals surface area contributed by atoms with E-state index in [1.807, 2.05) is 63.8 Å². The van der Waals surface area contributed by atoms with E-state index in [-0.39, 0.29) is 0 Å². The lowest BCUT2D eigenvalue weighted by atomic mass is 10.1. The molecule has 3 aromatic rings. The number of aromatic nitrogens is 3. The fourth-order valence-electron chi connectivity index (χ4n) is 2.45. The van der Waals surface area contributed by atoms with Gasteiger partial charge in [-0.2, -0.15) is 5.10 Å². The zero-order valence-electron chi connectivity index (χ0n) is 13.6. The summed E-state index contributed by atoms with van der Waals surface area (Å²) in [5.74, 6) is 1.70. The van der Waals surface area contributed by atoms with Crippen LogP contribution in [0, 0.1) is 13.8 Å². The van der Waals surface area contributed by atoms with Gasteiger partial charge in [0.2, 0.25) is 0 Å². The van der Waals surface area contributed by atoms with Crippen LogP contribution in [-0.2, 0) is 7.05 Å². The Balaban J connectivity index is 1.65. The van der Waals surface area contributed by atoms with Crippen molar-refractivity contribution < 1.29 is 4.74 Å². The summed E-state index contributed by atoms with van der Waals surface area (Å²) in [6.45, 7) is 4.53.